The van der Waals surface area contributed by atoms with Crippen molar-refractivity contribution in [2.75, 3.05) is 13.2 Å². The van der Waals surface area contributed by atoms with Crippen LogP contribution in [0.4, 0.5) is 4.79 Å². The van der Waals surface area contributed by atoms with Gasteiger partial charge in [0.2, 0.25) is 5.88 Å². The first-order valence-corrected chi connectivity index (χ1v) is 13.7. The highest BCUT2D eigenvalue weighted by atomic mass is 16.7. The summed E-state index contributed by atoms with van der Waals surface area (Å²) in [7, 11) is 0. The first kappa shape index (κ1) is 30.0. The van der Waals surface area contributed by atoms with E-state index in [2.05, 4.69) is 0 Å². The smallest absolute Gasteiger partial charge is 0.462 e. The fraction of sp³-hybridized carbons (Fsp3) is 0.273. The molecule has 0 unspecified atom stereocenters. The van der Waals surface area contributed by atoms with E-state index in [1.807, 2.05) is 67.6 Å². The Labute approximate surface area is 243 Å². The third-order valence-electron chi connectivity index (χ3n) is 6.96. The van der Waals surface area contributed by atoms with E-state index >= 15 is 0 Å². The van der Waals surface area contributed by atoms with Gasteiger partial charge in [0.25, 0.3) is 5.56 Å². The van der Waals surface area contributed by atoms with E-state index in [9.17, 15) is 19.2 Å². The third-order valence-corrected chi connectivity index (χ3v) is 6.96. The molecular weight excluding hydrogens is 536 g/mol. The summed E-state index contributed by atoms with van der Waals surface area (Å²) in [5.74, 6) is -0.648. The minimum Gasteiger partial charge on any atom is -0.462 e. The molecule has 9 heteroatoms. The maximum Gasteiger partial charge on any atom is 0.515 e. The highest BCUT2D eigenvalue weighted by Gasteiger charge is 2.28. The zero-order valence-corrected chi connectivity index (χ0v) is 23.9. The van der Waals surface area contributed by atoms with Crippen LogP contribution in [0.15, 0.2) is 101 Å². The van der Waals surface area contributed by atoms with Gasteiger partial charge in [-0.2, -0.15) is 0 Å². The van der Waals surface area contributed by atoms with Gasteiger partial charge in [-0.3, -0.25) is 14.2 Å². The summed E-state index contributed by atoms with van der Waals surface area (Å²) in [6.45, 7) is 5.00. The molecule has 0 atom stereocenters. The van der Waals surface area contributed by atoms with E-state index in [0.29, 0.717) is 12.1 Å². The molecular formula is C33H34N2O7. The van der Waals surface area contributed by atoms with Gasteiger partial charge in [-0.15, -0.1) is 0 Å². The molecule has 0 aliphatic rings. The average molecular weight is 571 g/mol. The van der Waals surface area contributed by atoms with E-state index in [1.165, 1.54) is 4.57 Å². The molecule has 0 bridgehead atoms. The highest BCUT2D eigenvalue weighted by Crippen LogP contribution is 2.23. The summed E-state index contributed by atoms with van der Waals surface area (Å²) in [5, 5.41) is 0. The van der Waals surface area contributed by atoms with Gasteiger partial charge in [0.1, 0.15) is 13.2 Å². The molecule has 0 N–H and O–H groups in total. The van der Waals surface area contributed by atoms with Crippen molar-refractivity contribution >= 4 is 12.1 Å². The topological polar surface area (TPSA) is 106 Å². The lowest BCUT2D eigenvalue weighted by molar-refractivity contribution is -0.155. The number of carbonyl (C=O) groups excluding carboxylic acids is 2. The molecule has 1 heterocycles. The monoisotopic (exact) mass is 570 g/mol. The van der Waals surface area contributed by atoms with E-state index in [4.69, 9.17) is 14.2 Å². The molecule has 0 fully saturated rings. The van der Waals surface area contributed by atoms with E-state index in [0.717, 1.165) is 15.7 Å². The van der Waals surface area contributed by atoms with E-state index < -0.39 is 28.8 Å². The fourth-order valence-corrected chi connectivity index (χ4v) is 4.16. The van der Waals surface area contributed by atoms with Crippen molar-refractivity contribution in [2.24, 2.45) is 5.41 Å². The normalized spacial score (nSPS) is 11.1. The fourth-order valence-electron chi connectivity index (χ4n) is 4.16. The van der Waals surface area contributed by atoms with Crippen molar-refractivity contribution in [2.45, 2.75) is 40.2 Å². The predicted molar refractivity (Wildman–Crippen MR) is 158 cm³/mol. The Balaban J connectivity index is 1.73. The molecule has 0 spiro atoms. The molecule has 42 heavy (non-hydrogen) atoms. The number of esters is 1. The Hall–Kier alpha value is -4.92. The van der Waals surface area contributed by atoms with Crippen LogP contribution in [-0.2, 0) is 27.2 Å². The molecule has 9 nitrogen and oxygen atoms in total. The van der Waals surface area contributed by atoms with Gasteiger partial charge in [-0.05, 0) is 43.5 Å². The van der Waals surface area contributed by atoms with Gasteiger partial charge in [0.05, 0.1) is 23.2 Å². The molecule has 4 aromatic rings. The number of hydrogen-bond acceptors (Lipinski definition) is 7. The second-order valence-corrected chi connectivity index (χ2v) is 10.4. The summed E-state index contributed by atoms with van der Waals surface area (Å²) in [5.41, 5.74) is 0.121. The van der Waals surface area contributed by atoms with Gasteiger partial charge in [-0.25, -0.2) is 14.2 Å². The summed E-state index contributed by atoms with van der Waals surface area (Å²) in [4.78, 5) is 52.9. The van der Waals surface area contributed by atoms with Crippen molar-refractivity contribution < 1.29 is 23.8 Å². The van der Waals surface area contributed by atoms with Crippen molar-refractivity contribution in [1.29, 1.82) is 0 Å². The maximum atomic E-state index is 13.9. The lowest BCUT2D eigenvalue weighted by Crippen LogP contribution is -2.42. The lowest BCUT2D eigenvalue weighted by atomic mass is 9.91. The highest BCUT2D eigenvalue weighted by molar-refractivity contribution is 5.75. The average Bonchev–Trinajstić information content (AvgIpc) is 3.01. The van der Waals surface area contributed by atoms with Gasteiger partial charge in [0.15, 0.2) is 0 Å². The second-order valence-electron chi connectivity index (χ2n) is 10.4. The number of benzene rings is 3. The Kier molecular flexibility index (Phi) is 9.75. The lowest BCUT2D eigenvalue weighted by Gasteiger charge is -2.20. The van der Waals surface area contributed by atoms with Crippen molar-refractivity contribution in [3.8, 4) is 11.6 Å². The first-order valence-electron chi connectivity index (χ1n) is 13.7. The number of nitrogens with zero attached hydrogens (tertiary/aromatic N) is 2. The Morgan fingerprint density at radius 2 is 1.31 bits per heavy atom. The van der Waals surface area contributed by atoms with E-state index in [-0.39, 0.29) is 37.6 Å². The largest absolute Gasteiger partial charge is 0.515 e. The molecule has 0 radical (unpaired) electrons. The van der Waals surface area contributed by atoms with Gasteiger partial charge in [-0.1, -0.05) is 85.8 Å². The summed E-state index contributed by atoms with van der Waals surface area (Å²) in [6, 6.07) is 27.0. The minimum absolute atomic E-state index is 0.0251. The van der Waals surface area contributed by atoms with Crippen LogP contribution in [0.5, 0.6) is 5.88 Å². The van der Waals surface area contributed by atoms with E-state index in [1.54, 1.807) is 44.2 Å². The number of para-hydroxylation sites is 1. The van der Waals surface area contributed by atoms with Gasteiger partial charge >= 0.3 is 17.8 Å². The standard InChI is InChI=1S/C33H34N2O7/c1-4-33(2,3)30(37)40-20-21-41-32(39)42-29-27(22-24-14-8-5-9-15-24)28(36)34(23-25-16-10-6-11-17-25)31(38)35(29)26-18-12-7-13-19-26/h5-19H,4,20-23H2,1-3H3. The number of carbonyl (C=O) groups is 2. The maximum absolute atomic E-state index is 13.9. The van der Waals surface area contributed by atoms with Crippen LogP contribution in [0.25, 0.3) is 5.69 Å². The summed E-state index contributed by atoms with van der Waals surface area (Å²) in [6.07, 6.45) is -0.459. The molecule has 3 aromatic carbocycles. The quantitative estimate of drug-likeness (QED) is 0.182. The molecule has 218 valence electrons. The van der Waals surface area contributed by atoms with Gasteiger partial charge in [0, 0.05) is 6.42 Å². The van der Waals surface area contributed by atoms with Crippen LogP contribution in [0, 0.1) is 5.41 Å². The SMILES string of the molecule is CCC(C)(C)C(=O)OCCOC(=O)Oc1c(Cc2ccccc2)c(=O)n(Cc2ccccc2)c(=O)n1-c1ccccc1. The number of aromatic nitrogens is 2. The Morgan fingerprint density at radius 1 is 0.762 bits per heavy atom. The first-order chi connectivity index (χ1) is 20.2. The van der Waals surface area contributed by atoms with Crippen LogP contribution in [0.3, 0.4) is 0 Å². The number of hydrogen-bond donors (Lipinski definition) is 0. The summed E-state index contributed by atoms with van der Waals surface area (Å²) >= 11 is 0. The predicted octanol–water partition coefficient (Wildman–Crippen LogP) is 5.13. The molecule has 0 saturated carbocycles. The van der Waals surface area contributed by atoms with Crippen LogP contribution in [-0.4, -0.2) is 34.5 Å². The molecule has 0 aliphatic carbocycles. The molecule has 0 aliphatic heterocycles. The molecule has 0 saturated heterocycles. The van der Waals surface area contributed by atoms with Crippen molar-refractivity contribution in [1.82, 2.24) is 9.13 Å². The van der Waals surface area contributed by atoms with Crippen LogP contribution >= 0.6 is 0 Å². The van der Waals surface area contributed by atoms with Crippen molar-refractivity contribution in [3.05, 3.63) is 129 Å². The Morgan fingerprint density at radius 3 is 1.90 bits per heavy atom. The molecule has 0 amide bonds. The second kappa shape index (κ2) is 13.6. The summed E-state index contributed by atoms with van der Waals surface area (Å²) < 4.78 is 18.4. The number of ether oxygens (including phenoxy) is 3. The third kappa shape index (κ3) is 7.23. The minimum atomic E-state index is -1.14. The zero-order valence-electron chi connectivity index (χ0n) is 23.9. The zero-order chi connectivity index (χ0) is 30.1. The molecule has 4 rings (SSSR count). The number of rotatable bonds is 11. The van der Waals surface area contributed by atoms with Crippen LogP contribution < -0.4 is 16.0 Å². The Bertz CT molecular complexity index is 1630. The van der Waals surface area contributed by atoms with Crippen molar-refractivity contribution in [3.63, 3.8) is 0 Å². The molecule has 1 aromatic heterocycles. The van der Waals surface area contributed by atoms with Gasteiger partial charge < -0.3 is 14.2 Å². The van der Waals surface area contributed by atoms with Crippen LogP contribution in [0.1, 0.15) is 43.9 Å². The van der Waals surface area contributed by atoms with Crippen LogP contribution in [0.2, 0.25) is 0 Å².